The van der Waals surface area contributed by atoms with Crippen LogP contribution in [0.1, 0.15) is 63.9 Å². The van der Waals surface area contributed by atoms with Crippen LogP contribution in [0.15, 0.2) is 36.1 Å². The van der Waals surface area contributed by atoms with Gasteiger partial charge in [0.25, 0.3) is 0 Å². The van der Waals surface area contributed by atoms with Crippen LogP contribution in [0.4, 0.5) is 5.69 Å². The quantitative estimate of drug-likeness (QED) is 0.118. The van der Waals surface area contributed by atoms with Gasteiger partial charge in [0.05, 0.1) is 31.5 Å². The third-order valence-electron chi connectivity index (χ3n) is 8.73. The molecular formula is C29H41BrN2O4. The molecule has 0 saturated carbocycles. The molecule has 2 saturated heterocycles. The number of methoxy groups -OCH3 is 2. The van der Waals surface area contributed by atoms with Crippen LogP contribution >= 0.6 is 15.9 Å². The van der Waals surface area contributed by atoms with E-state index in [-0.39, 0.29) is 23.8 Å². The zero-order valence-corrected chi connectivity index (χ0v) is 23.6. The van der Waals surface area contributed by atoms with Gasteiger partial charge in [-0.25, -0.2) is 4.79 Å². The average molecular weight is 562 g/mol. The number of rotatable bonds is 11. The number of fused-ring (bicyclic) bond motifs is 4. The summed E-state index contributed by atoms with van der Waals surface area (Å²) in [4.78, 5) is 31.6. The van der Waals surface area contributed by atoms with E-state index in [0.29, 0.717) is 11.5 Å². The van der Waals surface area contributed by atoms with Crippen LogP contribution in [0.3, 0.4) is 0 Å². The zero-order chi connectivity index (χ0) is 25.7. The lowest BCUT2D eigenvalue weighted by Gasteiger charge is -2.45. The summed E-state index contributed by atoms with van der Waals surface area (Å²) in [7, 11) is 3.00. The molecule has 36 heavy (non-hydrogen) atoms. The fourth-order valence-corrected chi connectivity index (χ4v) is 7.34. The van der Waals surface area contributed by atoms with Crippen molar-refractivity contribution in [2.45, 2.75) is 69.7 Å². The summed E-state index contributed by atoms with van der Waals surface area (Å²) >= 11 is 3.51. The molecule has 3 heterocycles. The second-order valence-electron chi connectivity index (χ2n) is 10.5. The maximum atomic E-state index is 14.3. The van der Waals surface area contributed by atoms with Gasteiger partial charge in [0.2, 0.25) is 5.91 Å². The Labute approximate surface area is 224 Å². The lowest BCUT2D eigenvalue weighted by atomic mass is 9.67. The van der Waals surface area contributed by atoms with Crippen molar-refractivity contribution in [2.24, 2.45) is 11.8 Å². The highest BCUT2D eigenvalue weighted by Crippen LogP contribution is 2.55. The summed E-state index contributed by atoms with van der Waals surface area (Å²) in [5, 5.41) is 1.06. The van der Waals surface area contributed by atoms with Crippen molar-refractivity contribution < 1.29 is 19.1 Å². The molecule has 1 unspecified atom stereocenters. The minimum Gasteiger partial charge on any atom is -0.504 e. The number of carbonyl (C=O) groups excluding carboxylic acids is 2. The highest BCUT2D eigenvalue weighted by molar-refractivity contribution is 9.09. The fraction of sp³-hybridized carbons (Fsp3) is 0.655. The van der Waals surface area contributed by atoms with Gasteiger partial charge >= 0.3 is 5.97 Å². The predicted molar refractivity (Wildman–Crippen MR) is 146 cm³/mol. The second-order valence-corrected chi connectivity index (χ2v) is 11.3. The number of piperidine rings is 1. The minimum atomic E-state index is -0.544. The molecule has 0 aromatic heterocycles. The number of carbonyl (C=O) groups is 2. The van der Waals surface area contributed by atoms with Crippen LogP contribution in [-0.4, -0.2) is 62.0 Å². The molecule has 1 amide bonds. The van der Waals surface area contributed by atoms with Crippen LogP contribution < -0.4 is 4.90 Å². The zero-order valence-electron chi connectivity index (χ0n) is 22.0. The molecular weight excluding hydrogens is 520 g/mol. The molecule has 1 aromatic rings. The molecule has 3 aliphatic rings. The van der Waals surface area contributed by atoms with Crippen molar-refractivity contribution in [3.05, 3.63) is 41.7 Å². The first-order valence-electron chi connectivity index (χ1n) is 13.6. The lowest BCUT2D eigenvalue weighted by Crippen LogP contribution is -2.55. The van der Waals surface area contributed by atoms with Crippen molar-refractivity contribution in [1.29, 1.82) is 0 Å². The normalized spacial score (nSPS) is 27.9. The molecule has 0 N–H and O–H groups in total. The molecule has 1 spiro atoms. The summed E-state index contributed by atoms with van der Waals surface area (Å²) in [5.41, 5.74) is 2.30. The molecule has 0 bridgehead atoms. The Morgan fingerprint density at radius 1 is 1.17 bits per heavy atom. The third-order valence-corrected chi connectivity index (χ3v) is 9.29. The van der Waals surface area contributed by atoms with E-state index in [2.05, 4.69) is 50.9 Å². The van der Waals surface area contributed by atoms with E-state index in [0.717, 1.165) is 62.8 Å². The van der Waals surface area contributed by atoms with Gasteiger partial charge in [0.1, 0.15) is 0 Å². The second kappa shape index (κ2) is 12.1. The highest BCUT2D eigenvalue weighted by atomic mass is 79.9. The van der Waals surface area contributed by atoms with Gasteiger partial charge in [0.15, 0.2) is 0 Å². The van der Waals surface area contributed by atoms with E-state index in [1.165, 1.54) is 31.9 Å². The first kappa shape index (κ1) is 27.2. The van der Waals surface area contributed by atoms with Crippen LogP contribution in [0.5, 0.6) is 0 Å². The Morgan fingerprint density at radius 3 is 2.64 bits per heavy atom. The number of hydrogen-bond donors (Lipinski definition) is 0. The smallest absolute Gasteiger partial charge is 0.337 e. The molecule has 2 fully saturated rings. The first-order chi connectivity index (χ1) is 17.5. The minimum absolute atomic E-state index is 0.00192. The van der Waals surface area contributed by atoms with E-state index >= 15 is 0 Å². The molecule has 6 nitrogen and oxygen atoms in total. The number of hydrogen-bond acceptors (Lipinski definition) is 5. The van der Waals surface area contributed by atoms with Gasteiger partial charge in [-0.05, 0) is 55.7 Å². The fourth-order valence-electron chi connectivity index (χ4n) is 6.94. The SMILES string of the molecule is CC[C@H]1CN2CC[C@]3(C(=O)N(CCCCCCCBr)c4ccccc43)C2C[C@@H]1/C(=C\OC)C(=O)OC. The van der Waals surface area contributed by atoms with Crippen LogP contribution in [0.25, 0.3) is 0 Å². The van der Waals surface area contributed by atoms with E-state index in [1.807, 2.05) is 6.07 Å². The molecule has 198 valence electrons. The molecule has 0 radical (unpaired) electrons. The van der Waals surface area contributed by atoms with Gasteiger partial charge in [-0.15, -0.1) is 0 Å². The van der Waals surface area contributed by atoms with Gasteiger partial charge in [0, 0.05) is 30.1 Å². The number of alkyl halides is 1. The van der Waals surface area contributed by atoms with Gasteiger partial charge < -0.3 is 14.4 Å². The Kier molecular flexibility index (Phi) is 9.15. The summed E-state index contributed by atoms with van der Waals surface area (Å²) in [6.07, 6.45) is 9.92. The highest BCUT2D eigenvalue weighted by Gasteiger charge is 2.62. The number of halogens is 1. The van der Waals surface area contributed by atoms with Gasteiger partial charge in [-0.1, -0.05) is 66.7 Å². The predicted octanol–water partition coefficient (Wildman–Crippen LogP) is 5.44. The monoisotopic (exact) mass is 560 g/mol. The van der Waals surface area contributed by atoms with Crippen molar-refractivity contribution in [1.82, 2.24) is 4.90 Å². The topological polar surface area (TPSA) is 59.1 Å². The number of nitrogens with zero attached hydrogens (tertiary/aromatic N) is 2. The maximum Gasteiger partial charge on any atom is 0.337 e. The number of unbranched alkanes of at least 4 members (excludes halogenated alkanes) is 4. The summed E-state index contributed by atoms with van der Waals surface area (Å²) < 4.78 is 10.5. The Bertz CT molecular complexity index is 966. The Balaban J connectivity index is 1.62. The van der Waals surface area contributed by atoms with Crippen molar-refractivity contribution in [2.75, 3.05) is 44.1 Å². The Hall–Kier alpha value is -1.86. The van der Waals surface area contributed by atoms with Crippen molar-refractivity contribution >= 4 is 33.5 Å². The lowest BCUT2D eigenvalue weighted by molar-refractivity contribution is -0.137. The van der Waals surface area contributed by atoms with Crippen molar-refractivity contribution in [3.8, 4) is 0 Å². The number of benzene rings is 1. The molecule has 4 rings (SSSR count). The standard InChI is InChI=1S/C29H41BrN2O4/c1-4-21-19-31-17-14-29(26(31)18-22(21)23(20-35-2)27(33)36-3)24-12-8-9-13-25(24)32(28(29)34)16-11-7-5-6-10-15-30/h8-9,12-13,20-22,26H,4-7,10-11,14-19H2,1-3H3/b23-20+/t21-,22-,26?,29+/m0/s1. The molecule has 0 aliphatic carbocycles. The van der Waals surface area contributed by atoms with Crippen LogP contribution in [-0.2, 0) is 24.5 Å². The van der Waals surface area contributed by atoms with Crippen LogP contribution in [0.2, 0.25) is 0 Å². The maximum absolute atomic E-state index is 14.3. The number of amides is 1. The van der Waals surface area contributed by atoms with Gasteiger partial charge in [-0.2, -0.15) is 0 Å². The van der Waals surface area contributed by atoms with Gasteiger partial charge in [-0.3, -0.25) is 9.69 Å². The van der Waals surface area contributed by atoms with E-state index in [1.54, 1.807) is 13.4 Å². The number of para-hydroxylation sites is 1. The molecule has 4 atom stereocenters. The summed E-state index contributed by atoms with van der Waals surface area (Å²) in [6.45, 7) is 4.75. The Morgan fingerprint density at radius 2 is 1.92 bits per heavy atom. The molecule has 3 aliphatic heterocycles. The molecule has 1 aromatic carbocycles. The van der Waals surface area contributed by atoms with Crippen molar-refractivity contribution in [3.63, 3.8) is 0 Å². The largest absolute Gasteiger partial charge is 0.504 e. The third kappa shape index (κ3) is 4.85. The number of anilines is 1. The molecule has 7 heteroatoms. The summed E-state index contributed by atoms with van der Waals surface area (Å²) in [5.74, 6) is 0.238. The van der Waals surface area contributed by atoms with E-state index < -0.39 is 5.41 Å². The number of ether oxygens (including phenoxy) is 2. The number of esters is 1. The van der Waals surface area contributed by atoms with E-state index in [9.17, 15) is 9.59 Å². The van der Waals surface area contributed by atoms with E-state index in [4.69, 9.17) is 9.47 Å². The average Bonchev–Trinajstić information content (AvgIpc) is 3.39. The van der Waals surface area contributed by atoms with Crippen LogP contribution in [0, 0.1) is 11.8 Å². The first-order valence-corrected chi connectivity index (χ1v) is 14.7. The summed E-state index contributed by atoms with van der Waals surface area (Å²) in [6, 6.07) is 8.47.